The van der Waals surface area contributed by atoms with Gasteiger partial charge in [0.15, 0.2) is 0 Å². The third kappa shape index (κ3) is 3.54. The molecule has 0 unspecified atom stereocenters. The standard InChI is InChI=1S/C21H13Cl3N2O/c22-14-6-4-13(5-7-14)16-12-26-10-2-1-3-19(26)20(16)21(27)25-15-8-9-17(23)18(24)11-15/h1-12H,(H,25,27). The van der Waals surface area contributed by atoms with Gasteiger partial charge in [-0.05, 0) is 48.0 Å². The average Bonchev–Trinajstić information content (AvgIpc) is 3.05. The van der Waals surface area contributed by atoms with E-state index in [-0.39, 0.29) is 5.91 Å². The molecular weight excluding hydrogens is 403 g/mol. The van der Waals surface area contributed by atoms with E-state index in [0.29, 0.717) is 26.3 Å². The van der Waals surface area contributed by atoms with Gasteiger partial charge in [-0.3, -0.25) is 4.79 Å². The molecule has 0 aliphatic rings. The summed E-state index contributed by atoms with van der Waals surface area (Å²) in [6.45, 7) is 0. The molecule has 0 bridgehead atoms. The van der Waals surface area contributed by atoms with Crippen molar-refractivity contribution in [3.8, 4) is 11.1 Å². The van der Waals surface area contributed by atoms with Crippen LogP contribution in [0.25, 0.3) is 16.6 Å². The summed E-state index contributed by atoms with van der Waals surface area (Å²) >= 11 is 18.0. The number of anilines is 1. The molecule has 1 amide bonds. The largest absolute Gasteiger partial charge is 0.322 e. The molecule has 3 nitrogen and oxygen atoms in total. The number of carbonyl (C=O) groups excluding carboxylic acids is 1. The number of hydrogen-bond acceptors (Lipinski definition) is 1. The Labute approximate surface area is 171 Å². The minimum absolute atomic E-state index is 0.230. The first kappa shape index (κ1) is 17.9. The van der Waals surface area contributed by atoms with Crippen molar-refractivity contribution in [2.45, 2.75) is 0 Å². The molecule has 0 fully saturated rings. The Morgan fingerprint density at radius 1 is 0.889 bits per heavy atom. The highest BCUT2D eigenvalue weighted by Crippen LogP contribution is 2.31. The third-order valence-electron chi connectivity index (χ3n) is 4.24. The summed E-state index contributed by atoms with van der Waals surface area (Å²) in [6.07, 6.45) is 3.84. The first-order valence-corrected chi connectivity index (χ1v) is 9.28. The molecule has 0 spiro atoms. The summed E-state index contributed by atoms with van der Waals surface area (Å²) in [4.78, 5) is 13.1. The Morgan fingerprint density at radius 2 is 1.67 bits per heavy atom. The van der Waals surface area contributed by atoms with Gasteiger partial charge in [0.05, 0.1) is 21.1 Å². The maximum atomic E-state index is 13.1. The van der Waals surface area contributed by atoms with E-state index in [1.54, 1.807) is 30.3 Å². The Kier molecular flexibility index (Phi) is 4.83. The monoisotopic (exact) mass is 414 g/mol. The topological polar surface area (TPSA) is 33.5 Å². The van der Waals surface area contributed by atoms with E-state index in [9.17, 15) is 4.79 Å². The van der Waals surface area contributed by atoms with Crippen molar-refractivity contribution in [2.24, 2.45) is 0 Å². The van der Waals surface area contributed by atoms with Crippen LogP contribution in [0, 0.1) is 0 Å². The van der Waals surface area contributed by atoms with Gasteiger partial charge < -0.3 is 9.72 Å². The average molecular weight is 416 g/mol. The molecule has 4 rings (SSSR count). The molecule has 2 aromatic heterocycles. The number of nitrogens with zero attached hydrogens (tertiary/aromatic N) is 1. The van der Waals surface area contributed by atoms with E-state index >= 15 is 0 Å². The van der Waals surface area contributed by atoms with Crippen LogP contribution in [-0.4, -0.2) is 10.3 Å². The van der Waals surface area contributed by atoms with Gasteiger partial charge in [-0.2, -0.15) is 0 Å². The molecular formula is C21H13Cl3N2O. The normalized spacial score (nSPS) is 10.9. The minimum Gasteiger partial charge on any atom is -0.322 e. The number of carbonyl (C=O) groups is 1. The molecule has 0 saturated heterocycles. The lowest BCUT2D eigenvalue weighted by Crippen LogP contribution is -2.12. The van der Waals surface area contributed by atoms with Crippen molar-refractivity contribution in [3.05, 3.63) is 93.7 Å². The van der Waals surface area contributed by atoms with Crippen LogP contribution in [0.4, 0.5) is 5.69 Å². The van der Waals surface area contributed by atoms with Crippen LogP contribution in [0.2, 0.25) is 15.1 Å². The maximum Gasteiger partial charge on any atom is 0.258 e. The predicted molar refractivity (Wildman–Crippen MR) is 112 cm³/mol. The second kappa shape index (κ2) is 7.28. The highest BCUT2D eigenvalue weighted by Gasteiger charge is 2.19. The molecule has 0 aliphatic carbocycles. The van der Waals surface area contributed by atoms with Crippen LogP contribution in [0.5, 0.6) is 0 Å². The van der Waals surface area contributed by atoms with Gasteiger partial charge in [-0.25, -0.2) is 0 Å². The lowest BCUT2D eigenvalue weighted by Gasteiger charge is -2.08. The number of rotatable bonds is 3. The number of benzene rings is 2. The van der Waals surface area contributed by atoms with Gasteiger partial charge >= 0.3 is 0 Å². The summed E-state index contributed by atoms with van der Waals surface area (Å²) in [5, 5.41) is 4.37. The number of amides is 1. The molecule has 27 heavy (non-hydrogen) atoms. The van der Waals surface area contributed by atoms with E-state index < -0.39 is 0 Å². The summed E-state index contributed by atoms with van der Waals surface area (Å²) in [5.74, 6) is -0.230. The zero-order valence-corrected chi connectivity index (χ0v) is 16.2. The van der Waals surface area contributed by atoms with Crippen LogP contribution < -0.4 is 5.32 Å². The zero-order chi connectivity index (χ0) is 19.0. The SMILES string of the molecule is O=C(Nc1ccc(Cl)c(Cl)c1)c1c(-c2ccc(Cl)cc2)cn2ccccc12. The Bertz CT molecular complexity index is 1150. The molecule has 0 aliphatic heterocycles. The van der Waals surface area contributed by atoms with E-state index in [1.165, 1.54) is 0 Å². The van der Waals surface area contributed by atoms with Gasteiger partial charge in [-0.15, -0.1) is 0 Å². The first-order chi connectivity index (χ1) is 13.0. The molecule has 4 aromatic rings. The molecule has 0 radical (unpaired) electrons. The van der Waals surface area contributed by atoms with Crippen LogP contribution in [0.1, 0.15) is 10.4 Å². The zero-order valence-electron chi connectivity index (χ0n) is 13.9. The van der Waals surface area contributed by atoms with Gasteiger partial charge in [-0.1, -0.05) is 53.0 Å². The molecule has 134 valence electrons. The second-order valence-electron chi connectivity index (χ2n) is 6.00. The minimum atomic E-state index is -0.230. The maximum absolute atomic E-state index is 13.1. The summed E-state index contributed by atoms with van der Waals surface area (Å²) < 4.78 is 1.92. The molecule has 6 heteroatoms. The number of aromatic nitrogens is 1. The van der Waals surface area contributed by atoms with Crippen LogP contribution in [-0.2, 0) is 0 Å². The van der Waals surface area contributed by atoms with Crippen molar-refractivity contribution < 1.29 is 4.79 Å². The molecule has 0 atom stereocenters. The summed E-state index contributed by atoms with van der Waals surface area (Å²) in [7, 11) is 0. The van der Waals surface area contributed by atoms with Gasteiger partial charge in [0.2, 0.25) is 0 Å². The number of fused-ring (bicyclic) bond motifs is 1. The number of pyridine rings is 1. The van der Waals surface area contributed by atoms with Crippen LogP contribution in [0.3, 0.4) is 0 Å². The van der Waals surface area contributed by atoms with Crippen molar-refractivity contribution in [1.29, 1.82) is 0 Å². The fraction of sp³-hybridized carbons (Fsp3) is 0. The highest BCUT2D eigenvalue weighted by molar-refractivity contribution is 6.42. The van der Waals surface area contributed by atoms with Gasteiger partial charge in [0.1, 0.15) is 0 Å². The highest BCUT2D eigenvalue weighted by atomic mass is 35.5. The Hall–Kier alpha value is -2.46. The lowest BCUT2D eigenvalue weighted by molar-refractivity contribution is 0.102. The van der Waals surface area contributed by atoms with E-state index in [1.807, 2.05) is 47.1 Å². The van der Waals surface area contributed by atoms with Crippen molar-refractivity contribution in [3.63, 3.8) is 0 Å². The first-order valence-electron chi connectivity index (χ1n) is 8.15. The second-order valence-corrected chi connectivity index (χ2v) is 7.25. The van der Waals surface area contributed by atoms with Gasteiger partial charge in [0, 0.05) is 28.7 Å². The molecule has 2 aromatic carbocycles. The van der Waals surface area contributed by atoms with Gasteiger partial charge in [0.25, 0.3) is 5.91 Å². The molecule has 0 saturated carbocycles. The smallest absolute Gasteiger partial charge is 0.258 e. The third-order valence-corrected chi connectivity index (χ3v) is 5.23. The van der Waals surface area contributed by atoms with E-state index in [0.717, 1.165) is 16.6 Å². The van der Waals surface area contributed by atoms with E-state index in [2.05, 4.69) is 5.32 Å². The van der Waals surface area contributed by atoms with E-state index in [4.69, 9.17) is 34.8 Å². The Morgan fingerprint density at radius 3 is 2.41 bits per heavy atom. The van der Waals surface area contributed by atoms with Crippen molar-refractivity contribution in [1.82, 2.24) is 4.40 Å². The number of halogens is 3. The van der Waals surface area contributed by atoms with Crippen molar-refractivity contribution in [2.75, 3.05) is 5.32 Å². The fourth-order valence-electron chi connectivity index (χ4n) is 2.98. The quantitative estimate of drug-likeness (QED) is 0.391. The molecule has 2 heterocycles. The number of hydrogen-bond donors (Lipinski definition) is 1. The molecule has 1 N–H and O–H groups in total. The van der Waals surface area contributed by atoms with Crippen LogP contribution in [0.15, 0.2) is 73.1 Å². The number of nitrogens with one attached hydrogen (secondary N) is 1. The van der Waals surface area contributed by atoms with Crippen molar-refractivity contribution >= 4 is 51.9 Å². The predicted octanol–water partition coefficient (Wildman–Crippen LogP) is 6.82. The lowest BCUT2D eigenvalue weighted by atomic mass is 10.0. The fourth-order valence-corrected chi connectivity index (χ4v) is 3.40. The summed E-state index contributed by atoms with van der Waals surface area (Å²) in [5.41, 5.74) is 3.67. The summed E-state index contributed by atoms with van der Waals surface area (Å²) in [6, 6.07) is 18.1. The Balaban J connectivity index is 1.81. The van der Waals surface area contributed by atoms with Crippen LogP contribution >= 0.6 is 34.8 Å².